The van der Waals surface area contributed by atoms with Crippen LogP contribution in [0.3, 0.4) is 0 Å². The Morgan fingerprint density at radius 1 is 1.24 bits per heavy atom. The number of H-pyrrole nitrogens is 1. The predicted octanol–water partition coefficient (Wildman–Crippen LogP) is 3.14. The molecule has 6 heteroatoms. The zero-order valence-corrected chi connectivity index (χ0v) is 13.1. The minimum atomic E-state index is -0.276. The third kappa shape index (κ3) is 2.26. The second-order valence-electron chi connectivity index (χ2n) is 4.85. The topological polar surface area (TPSA) is 53.2 Å². The highest BCUT2D eigenvalue weighted by atomic mass is 35.5. The summed E-state index contributed by atoms with van der Waals surface area (Å²) in [7, 11) is 1.75. The molecule has 0 fully saturated rings. The fourth-order valence-corrected chi connectivity index (χ4v) is 3.63. The monoisotopic (exact) mass is 320 g/mol. The van der Waals surface area contributed by atoms with Crippen molar-refractivity contribution in [3.63, 3.8) is 0 Å². The third-order valence-electron chi connectivity index (χ3n) is 3.59. The van der Waals surface area contributed by atoms with Gasteiger partial charge < -0.3 is 9.88 Å². The highest BCUT2D eigenvalue weighted by Crippen LogP contribution is 2.42. The number of pyridine rings is 1. The van der Waals surface area contributed by atoms with Gasteiger partial charge in [-0.3, -0.25) is 9.59 Å². The molecule has 0 radical (unpaired) electrons. The van der Waals surface area contributed by atoms with Crippen molar-refractivity contribution < 1.29 is 4.79 Å². The summed E-state index contributed by atoms with van der Waals surface area (Å²) in [6.07, 6.45) is 1.94. The van der Waals surface area contributed by atoms with E-state index in [4.69, 9.17) is 11.6 Å². The van der Waals surface area contributed by atoms with Crippen molar-refractivity contribution in [2.75, 3.05) is 13.3 Å². The van der Waals surface area contributed by atoms with Gasteiger partial charge in [0.15, 0.2) is 0 Å². The molecule has 2 aromatic rings. The van der Waals surface area contributed by atoms with Crippen LogP contribution in [-0.2, 0) is 0 Å². The van der Waals surface area contributed by atoms with Crippen LogP contribution in [0.25, 0.3) is 11.3 Å². The second-order valence-corrected chi connectivity index (χ2v) is 6.20. The molecule has 1 aliphatic heterocycles. The standard InChI is InChI=1S/C15H13ClN2O2S/c1-18-14(20)10-7-11(19)17-13(12(10)15(18)21-2)8-3-5-9(16)6-4-8/h3-7,15H,1-2H3,(H,17,19)/t15-/m1/s1. The molecule has 1 amide bonds. The van der Waals surface area contributed by atoms with E-state index in [1.165, 1.54) is 6.07 Å². The Morgan fingerprint density at radius 2 is 1.90 bits per heavy atom. The Hall–Kier alpha value is -1.72. The van der Waals surface area contributed by atoms with Gasteiger partial charge in [-0.1, -0.05) is 23.7 Å². The molecule has 108 valence electrons. The summed E-state index contributed by atoms with van der Waals surface area (Å²) in [5.74, 6) is -0.120. The third-order valence-corrected chi connectivity index (χ3v) is 4.84. The molecule has 1 aromatic carbocycles. The van der Waals surface area contributed by atoms with Crippen LogP contribution in [0.5, 0.6) is 0 Å². The van der Waals surface area contributed by atoms with Gasteiger partial charge in [0.2, 0.25) is 5.56 Å². The summed E-state index contributed by atoms with van der Waals surface area (Å²) in [5, 5.41) is 0.526. The molecule has 1 atom stereocenters. The van der Waals surface area contributed by atoms with E-state index in [1.54, 1.807) is 35.8 Å². The number of nitrogens with zero attached hydrogens (tertiary/aromatic N) is 1. The van der Waals surface area contributed by atoms with E-state index in [-0.39, 0.29) is 16.8 Å². The fourth-order valence-electron chi connectivity index (χ4n) is 2.61. The largest absolute Gasteiger partial charge is 0.325 e. The lowest BCUT2D eigenvalue weighted by Crippen LogP contribution is -2.21. The van der Waals surface area contributed by atoms with Crippen LogP contribution < -0.4 is 5.56 Å². The van der Waals surface area contributed by atoms with Crippen LogP contribution in [0.15, 0.2) is 35.1 Å². The maximum Gasteiger partial charge on any atom is 0.255 e. The molecule has 0 saturated carbocycles. The molecule has 0 bridgehead atoms. The van der Waals surface area contributed by atoms with E-state index in [9.17, 15) is 9.59 Å². The molecule has 3 rings (SSSR count). The number of thioether (sulfide) groups is 1. The molecule has 21 heavy (non-hydrogen) atoms. The molecule has 2 heterocycles. The van der Waals surface area contributed by atoms with Gasteiger partial charge in [-0.15, -0.1) is 11.8 Å². The van der Waals surface area contributed by atoms with Gasteiger partial charge in [0.05, 0.1) is 11.3 Å². The SMILES string of the molecule is CS[C@@H]1c2c(cc(=O)[nH]c2-c2ccc(Cl)cc2)C(=O)N1C. The number of fused-ring (bicyclic) bond motifs is 1. The number of amides is 1. The normalized spacial score (nSPS) is 17.2. The fraction of sp³-hybridized carbons (Fsp3) is 0.200. The average molecular weight is 321 g/mol. The number of hydrogen-bond acceptors (Lipinski definition) is 3. The molecule has 0 saturated heterocycles. The van der Waals surface area contributed by atoms with Crippen LogP contribution >= 0.6 is 23.4 Å². The van der Waals surface area contributed by atoms with E-state index in [0.29, 0.717) is 16.3 Å². The first-order chi connectivity index (χ1) is 10.0. The van der Waals surface area contributed by atoms with Crippen LogP contribution in [-0.4, -0.2) is 29.1 Å². The summed E-state index contributed by atoms with van der Waals surface area (Å²) in [6.45, 7) is 0. The van der Waals surface area contributed by atoms with Crippen molar-refractivity contribution in [1.82, 2.24) is 9.88 Å². The molecular weight excluding hydrogens is 308 g/mol. The van der Waals surface area contributed by atoms with Gasteiger partial charge in [0.1, 0.15) is 5.37 Å². The first-order valence-corrected chi connectivity index (χ1v) is 8.02. The molecule has 0 spiro atoms. The number of rotatable bonds is 2. The number of aromatic amines is 1. The van der Waals surface area contributed by atoms with E-state index in [1.807, 2.05) is 18.4 Å². The van der Waals surface area contributed by atoms with E-state index in [2.05, 4.69) is 4.98 Å². The van der Waals surface area contributed by atoms with Gasteiger partial charge in [-0.05, 0) is 24.0 Å². The van der Waals surface area contributed by atoms with Crippen molar-refractivity contribution in [3.8, 4) is 11.3 Å². The first-order valence-electron chi connectivity index (χ1n) is 6.36. The van der Waals surface area contributed by atoms with Crippen molar-refractivity contribution in [3.05, 3.63) is 56.8 Å². The summed E-state index contributed by atoms with van der Waals surface area (Å²) in [5.41, 5.74) is 2.59. The van der Waals surface area contributed by atoms with Crippen LogP contribution in [0.4, 0.5) is 0 Å². The minimum Gasteiger partial charge on any atom is -0.325 e. The number of carbonyl (C=O) groups excluding carboxylic acids is 1. The Kier molecular flexibility index (Phi) is 3.55. The highest BCUT2D eigenvalue weighted by molar-refractivity contribution is 7.98. The lowest BCUT2D eigenvalue weighted by molar-refractivity contribution is 0.0813. The number of aromatic nitrogens is 1. The van der Waals surface area contributed by atoms with E-state index < -0.39 is 0 Å². The maximum atomic E-state index is 12.3. The van der Waals surface area contributed by atoms with E-state index >= 15 is 0 Å². The first kappa shape index (κ1) is 14.2. The van der Waals surface area contributed by atoms with Gasteiger partial charge >= 0.3 is 0 Å². The van der Waals surface area contributed by atoms with Crippen molar-refractivity contribution in [1.29, 1.82) is 0 Å². The number of hydrogen-bond donors (Lipinski definition) is 1. The zero-order valence-electron chi connectivity index (χ0n) is 11.5. The quantitative estimate of drug-likeness (QED) is 0.925. The molecule has 0 unspecified atom stereocenters. The van der Waals surface area contributed by atoms with E-state index in [0.717, 1.165) is 11.1 Å². The summed E-state index contributed by atoms with van der Waals surface area (Å²) in [6, 6.07) is 8.60. The summed E-state index contributed by atoms with van der Waals surface area (Å²) in [4.78, 5) is 28.7. The molecule has 4 nitrogen and oxygen atoms in total. The van der Waals surface area contributed by atoms with Gasteiger partial charge in [0, 0.05) is 23.7 Å². The summed E-state index contributed by atoms with van der Waals surface area (Å²) >= 11 is 7.47. The summed E-state index contributed by atoms with van der Waals surface area (Å²) < 4.78 is 0. The lowest BCUT2D eigenvalue weighted by atomic mass is 10.0. The molecule has 1 N–H and O–H groups in total. The number of carbonyl (C=O) groups is 1. The number of halogens is 1. The van der Waals surface area contributed by atoms with Crippen molar-refractivity contribution >= 4 is 29.3 Å². The predicted molar refractivity (Wildman–Crippen MR) is 85.9 cm³/mol. The molecule has 1 aliphatic rings. The van der Waals surface area contributed by atoms with Gasteiger partial charge in [0.25, 0.3) is 5.91 Å². The Morgan fingerprint density at radius 3 is 2.52 bits per heavy atom. The van der Waals surface area contributed by atoms with Gasteiger partial charge in [-0.2, -0.15) is 0 Å². The Balaban J connectivity index is 2.28. The molecule has 0 aliphatic carbocycles. The number of benzene rings is 1. The molecule has 1 aromatic heterocycles. The zero-order chi connectivity index (χ0) is 15.1. The van der Waals surface area contributed by atoms with Crippen LogP contribution in [0.1, 0.15) is 21.3 Å². The smallest absolute Gasteiger partial charge is 0.255 e. The van der Waals surface area contributed by atoms with Crippen molar-refractivity contribution in [2.24, 2.45) is 0 Å². The van der Waals surface area contributed by atoms with Gasteiger partial charge in [-0.25, -0.2) is 0 Å². The average Bonchev–Trinajstić information content (AvgIpc) is 2.71. The molecular formula is C15H13ClN2O2S. The van der Waals surface area contributed by atoms with Crippen LogP contribution in [0.2, 0.25) is 5.02 Å². The number of nitrogens with one attached hydrogen (secondary N) is 1. The Bertz CT molecular complexity index is 770. The second kappa shape index (κ2) is 5.24. The highest BCUT2D eigenvalue weighted by Gasteiger charge is 2.36. The van der Waals surface area contributed by atoms with Crippen LogP contribution in [0, 0.1) is 0 Å². The maximum absolute atomic E-state index is 12.3. The minimum absolute atomic E-state index is 0.102. The Labute approximate surface area is 131 Å². The van der Waals surface area contributed by atoms with Crippen molar-refractivity contribution in [2.45, 2.75) is 5.37 Å². The lowest BCUT2D eigenvalue weighted by Gasteiger charge is -2.19.